The molecule has 98 valence electrons. The van der Waals surface area contributed by atoms with E-state index in [2.05, 4.69) is 6.07 Å². The number of nitriles is 1. The smallest absolute Gasteiger partial charge is 0.119 e. The summed E-state index contributed by atoms with van der Waals surface area (Å²) in [5.74, 6) is 0.866. The molecule has 0 radical (unpaired) electrons. The topological polar surface area (TPSA) is 37.9 Å². The maximum Gasteiger partial charge on any atom is 0.119 e. The van der Waals surface area contributed by atoms with Gasteiger partial charge in [-0.1, -0.05) is 0 Å². The van der Waals surface area contributed by atoms with Crippen molar-refractivity contribution in [2.75, 3.05) is 0 Å². The SMILES string of the molecule is Cc1c(C#N)cc(-c2ccc(OC(C)C)cc2)n1C. The van der Waals surface area contributed by atoms with E-state index < -0.39 is 0 Å². The number of nitrogens with zero attached hydrogens (tertiary/aromatic N) is 2. The first-order valence-corrected chi connectivity index (χ1v) is 6.36. The Kier molecular flexibility index (Phi) is 3.62. The molecule has 0 bridgehead atoms. The number of rotatable bonds is 3. The van der Waals surface area contributed by atoms with Crippen LogP contribution in [-0.4, -0.2) is 10.7 Å². The van der Waals surface area contributed by atoms with E-state index in [-0.39, 0.29) is 6.10 Å². The van der Waals surface area contributed by atoms with Gasteiger partial charge in [-0.05, 0) is 56.7 Å². The zero-order chi connectivity index (χ0) is 14.0. The van der Waals surface area contributed by atoms with Gasteiger partial charge < -0.3 is 9.30 Å². The average Bonchev–Trinajstić information content (AvgIpc) is 2.66. The molecule has 19 heavy (non-hydrogen) atoms. The fraction of sp³-hybridized carbons (Fsp3) is 0.312. The van der Waals surface area contributed by atoms with Gasteiger partial charge in [-0.3, -0.25) is 0 Å². The van der Waals surface area contributed by atoms with Crippen LogP contribution in [0.25, 0.3) is 11.3 Å². The molecule has 0 aliphatic heterocycles. The molecule has 2 rings (SSSR count). The van der Waals surface area contributed by atoms with Crippen molar-refractivity contribution in [1.82, 2.24) is 4.57 Å². The highest BCUT2D eigenvalue weighted by Gasteiger charge is 2.10. The van der Waals surface area contributed by atoms with Crippen molar-refractivity contribution in [1.29, 1.82) is 5.26 Å². The summed E-state index contributed by atoms with van der Waals surface area (Å²) < 4.78 is 7.66. The predicted molar refractivity (Wildman–Crippen MR) is 76.1 cm³/mol. The Labute approximate surface area is 114 Å². The summed E-state index contributed by atoms with van der Waals surface area (Å²) in [6.07, 6.45) is 0.174. The van der Waals surface area contributed by atoms with Crippen LogP contribution in [0, 0.1) is 18.3 Å². The average molecular weight is 254 g/mol. The summed E-state index contributed by atoms with van der Waals surface area (Å²) in [6, 6.07) is 12.1. The largest absolute Gasteiger partial charge is 0.491 e. The summed E-state index contributed by atoms with van der Waals surface area (Å²) >= 11 is 0. The Morgan fingerprint density at radius 3 is 2.32 bits per heavy atom. The molecule has 0 aliphatic carbocycles. The van der Waals surface area contributed by atoms with Gasteiger partial charge in [0.2, 0.25) is 0 Å². The summed E-state index contributed by atoms with van der Waals surface area (Å²) in [6.45, 7) is 5.97. The Morgan fingerprint density at radius 2 is 1.84 bits per heavy atom. The van der Waals surface area contributed by atoms with Crippen molar-refractivity contribution >= 4 is 0 Å². The van der Waals surface area contributed by atoms with E-state index in [4.69, 9.17) is 10.00 Å². The van der Waals surface area contributed by atoms with Gasteiger partial charge in [0.15, 0.2) is 0 Å². The monoisotopic (exact) mass is 254 g/mol. The first-order valence-electron chi connectivity index (χ1n) is 6.36. The van der Waals surface area contributed by atoms with E-state index in [1.165, 1.54) is 0 Å². The van der Waals surface area contributed by atoms with E-state index in [9.17, 15) is 0 Å². The van der Waals surface area contributed by atoms with Gasteiger partial charge in [0.1, 0.15) is 11.8 Å². The molecular weight excluding hydrogens is 236 g/mol. The maximum atomic E-state index is 9.06. The molecule has 2 aromatic rings. The second-order valence-corrected chi connectivity index (χ2v) is 4.89. The van der Waals surface area contributed by atoms with Crippen molar-refractivity contribution in [3.63, 3.8) is 0 Å². The van der Waals surface area contributed by atoms with Crippen LogP contribution in [0.3, 0.4) is 0 Å². The zero-order valence-electron chi connectivity index (χ0n) is 11.8. The van der Waals surface area contributed by atoms with Crippen molar-refractivity contribution in [2.45, 2.75) is 26.9 Å². The van der Waals surface area contributed by atoms with Crippen LogP contribution in [0.15, 0.2) is 30.3 Å². The van der Waals surface area contributed by atoms with E-state index >= 15 is 0 Å². The molecule has 1 heterocycles. The van der Waals surface area contributed by atoms with E-state index in [1.807, 2.05) is 62.7 Å². The van der Waals surface area contributed by atoms with Gasteiger partial charge in [0.05, 0.1) is 11.7 Å². The highest BCUT2D eigenvalue weighted by Crippen LogP contribution is 2.26. The summed E-state index contributed by atoms with van der Waals surface area (Å²) in [5, 5.41) is 9.06. The van der Waals surface area contributed by atoms with Gasteiger partial charge in [0, 0.05) is 18.4 Å². The van der Waals surface area contributed by atoms with Gasteiger partial charge in [0.25, 0.3) is 0 Å². The van der Waals surface area contributed by atoms with Gasteiger partial charge in [-0.2, -0.15) is 5.26 Å². The minimum Gasteiger partial charge on any atom is -0.491 e. The third-order valence-electron chi connectivity index (χ3n) is 3.18. The Balaban J connectivity index is 2.35. The van der Waals surface area contributed by atoms with Gasteiger partial charge in [-0.15, -0.1) is 0 Å². The van der Waals surface area contributed by atoms with Gasteiger partial charge in [-0.25, -0.2) is 0 Å². The molecular formula is C16H18N2O. The number of hydrogen-bond donors (Lipinski definition) is 0. The highest BCUT2D eigenvalue weighted by molar-refractivity contribution is 5.64. The van der Waals surface area contributed by atoms with E-state index in [1.54, 1.807) is 0 Å². The molecule has 0 saturated carbocycles. The third kappa shape index (κ3) is 2.63. The van der Waals surface area contributed by atoms with Gasteiger partial charge >= 0.3 is 0 Å². The highest BCUT2D eigenvalue weighted by atomic mass is 16.5. The molecule has 0 amide bonds. The maximum absolute atomic E-state index is 9.06. The van der Waals surface area contributed by atoms with E-state index in [0.29, 0.717) is 0 Å². The normalized spacial score (nSPS) is 10.5. The Hall–Kier alpha value is -2.21. The molecule has 0 fully saturated rings. The lowest BCUT2D eigenvalue weighted by atomic mass is 10.1. The van der Waals surface area contributed by atoms with Crippen LogP contribution in [0.5, 0.6) is 5.75 Å². The quantitative estimate of drug-likeness (QED) is 0.838. The Bertz CT molecular complexity index is 615. The van der Waals surface area contributed by atoms with Crippen LogP contribution in [0.2, 0.25) is 0 Å². The van der Waals surface area contributed by atoms with Crippen molar-refractivity contribution in [3.8, 4) is 23.1 Å². The molecule has 1 aromatic carbocycles. The third-order valence-corrected chi connectivity index (χ3v) is 3.18. The number of hydrogen-bond acceptors (Lipinski definition) is 2. The standard InChI is InChI=1S/C16H18N2O/c1-11(2)19-15-7-5-13(6-8-15)16-9-14(10-17)12(3)18(16)4/h5-9,11H,1-4H3. The summed E-state index contributed by atoms with van der Waals surface area (Å²) in [4.78, 5) is 0. The number of benzene rings is 1. The minimum absolute atomic E-state index is 0.174. The minimum atomic E-state index is 0.174. The number of ether oxygens (including phenoxy) is 1. The molecule has 0 unspecified atom stereocenters. The molecule has 3 heteroatoms. The second kappa shape index (κ2) is 5.19. The molecule has 0 spiro atoms. The molecule has 1 aromatic heterocycles. The fourth-order valence-corrected chi connectivity index (χ4v) is 2.07. The van der Waals surface area contributed by atoms with Crippen LogP contribution in [0.1, 0.15) is 25.1 Å². The first kappa shape index (κ1) is 13.2. The molecule has 3 nitrogen and oxygen atoms in total. The fourth-order valence-electron chi connectivity index (χ4n) is 2.07. The summed E-state index contributed by atoms with van der Waals surface area (Å²) in [7, 11) is 1.98. The summed E-state index contributed by atoms with van der Waals surface area (Å²) in [5.41, 5.74) is 3.84. The first-order chi connectivity index (χ1) is 9.02. The molecule has 0 N–H and O–H groups in total. The second-order valence-electron chi connectivity index (χ2n) is 4.89. The van der Waals surface area contributed by atoms with Crippen LogP contribution in [0.4, 0.5) is 0 Å². The van der Waals surface area contributed by atoms with Crippen molar-refractivity contribution in [2.24, 2.45) is 7.05 Å². The lowest BCUT2D eigenvalue weighted by Crippen LogP contribution is -2.05. The molecule has 0 saturated heterocycles. The van der Waals surface area contributed by atoms with Crippen LogP contribution in [-0.2, 0) is 7.05 Å². The predicted octanol–water partition coefficient (Wildman–Crippen LogP) is 3.66. The van der Waals surface area contributed by atoms with Crippen LogP contribution < -0.4 is 4.74 Å². The van der Waals surface area contributed by atoms with Crippen molar-refractivity contribution < 1.29 is 4.74 Å². The van der Waals surface area contributed by atoms with Crippen LogP contribution >= 0.6 is 0 Å². The molecule has 0 aliphatic rings. The number of aromatic nitrogens is 1. The zero-order valence-corrected chi connectivity index (χ0v) is 11.8. The lowest BCUT2D eigenvalue weighted by molar-refractivity contribution is 0.242. The molecule has 0 atom stereocenters. The Morgan fingerprint density at radius 1 is 1.21 bits per heavy atom. The lowest BCUT2D eigenvalue weighted by Gasteiger charge is -2.10. The van der Waals surface area contributed by atoms with E-state index in [0.717, 1.165) is 28.3 Å². The van der Waals surface area contributed by atoms with Crippen molar-refractivity contribution in [3.05, 3.63) is 41.6 Å².